The molecule has 166 valence electrons. The predicted octanol–water partition coefficient (Wildman–Crippen LogP) is 4.08. The lowest BCUT2D eigenvalue weighted by Crippen LogP contribution is -2.61. The molecule has 0 bridgehead atoms. The van der Waals surface area contributed by atoms with E-state index >= 15 is 0 Å². The third-order valence-corrected chi connectivity index (χ3v) is 5.17. The quantitative estimate of drug-likeness (QED) is 0.420. The van der Waals surface area contributed by atoms with Gasteiger partial charge in [0.25, 0.3) is 0 Å². The summed E-state index contributed by atoms with van der Waals surface area (Å²) in [5.74, 6) is 2.44. The van der Waals surface area contributed by atoms with Crippen LogP contribution in [0.2, 0.25) is 0 Å². The smallest absolute Gasteiger partial charge is 0.203 e. The van der Waals surface area contributed by atoms with Crippen molar-refractivity contribution in [2.45, 2.75) is 0 Å². The fraction of sp³-hybridized carbons (Fsp3) is 0.111. The maximum atomic E-state index is 5.28. The number of nitrogens with zero attached hydrogens (tertiary/aromatic N) is 2. The first-order chi connectivity index (χ1) is 16.2. The molecule has 0 amide bonds. The Morgan fingerprint density at radius 1 is 0.667 bits per heavy atom. The first-order valence-corrected chi connectivity index (χ1v) is 10.5. The second kappa shape index (κ2) is 10.3. The van der Waals surface area contributed by atoms with Crippen LogP contribution < -0.4 is 19.2 Å². The van der Waals surface area contributed by atoms with Crippen LogP contribution in [0.5, 0.6) is 17.2 Å². The van der Waals surface area contributed by atoms with Gasteiger partial charge in [-0.1, -0.05) is 0 Å². The van der Waals surface area contributed by atoms with E-state index in [-0.39, 0.29) is 0 Å². The number of aliphatic imine (C=N–C) groups is 1. The molecule has 1 aromatic heterocycles. The van der Waals surface area contributed by atoms with E-state index in [4.69, 9.17) is 14.2 Å². The van der Waals surface area contributed by atoms with Crippen LogP contribution in [0.15, 0.2) is 90.2 Å². The highest BCUT2D eigenvalue weighted by Gasteiger charge is 2.08. The molecule has 6 nitrogen and oxygen atoms in total. The Hall–Kier alpha value is -4.32. The molecule has 0 spiro atoms. The molecular formula is C27H26N3O3+. The van der Waals surface area contributed by atoms with Crippen molar-refractivity contribution in [3.8, 4) is 22.9 Å². The fourth-order valence-electron chi connectivity index (χ4n) is 3.28. The summed E-state index contributed by atoms with van der Waals surface area (Å²) in [6.07, 6.45) is 7.95. The molecule has 0 aliphatic rings. The van der Waals surface area contributed by atoms with Crippen molar-refractivity contribution in [3.63, 3.8) is 0 Å². The molecule has 0 saturated carbocycles. The maximum absolute atomic E-state index is 5.28. The van der Waals surface area contributed by atoms with E-state index < -0.39 is 0 Å². The number of methoxy groups -OCH3 is 3. The van der Waals surface area contributed by atoms with Crippen molar-refractivity contribution < 1.29 is 19.2 Å². The van der Waals surface area contributed by atoms with Gasteiger partial charge < -0.3 is 18.8 Å². The largest absolute Gasteiger partial charge is 0.497 e. The van der Waals surface area contributed by atoms with Crippen molar-refractivity contribution in [2.75, 3.05) is 21.3 Å². The highest BCUT2D eigenvalue weighted by molar-refractivity contribution is 5.93. The average Bonchev–Trinajstić information content (AvgIpc) is 3.30. The van der Waals surface area contributed by atoms with Gasteiger partial charge in [-0.2, -0.15) is 0 Å². The number of rotatable bonds is 8. The van der Waals surface area contributed by atoms with Crippen LogP contribution >= 0.6 is 0 Å². The van der Waals surface area contributed by atoms with E-state index in [9.17, 15) is 0 Å². The standard InChI is InChI=1S/C27H25N3O3/c1-31-25-10-4-22(5-11-25)28-16-20-18-30(24-8-14-27(33-3)15-9-24)19-21(20)17-29-23-6-12-26(32-2)13-7-23/h4-19H,1-3H3/p+1. The molecule has 0 aliphatic carbocycles. The Morgan fingerprint density at radius 3 is 1.76 bits per heavy atom. The van der Waals surface area contributed by atoms with Crippen LogP contribution in [0.1, 0.15) is 11.1 Å². The zero-order chi connectivity index (χ0) is 23.0. The first kappa shape index (κ1) is 21.9. The van der Waals surface area contributed by atoms with Crippen molar-refractivity contribution in [1.29, 1.82) is 0 Å². The molecule has 4 aromatic rings. The highest BCUT2D eigenvalue weighted by atomic mass is 16.5. The van der Waals surface area contributed by atoms with Crippen molar-refractivity contribution in [2.24, 2.45) is 4.99 Å². The first-order valence-electron chi connectivity index (χ1n) is 10.5. The van der Waals surface area contributed by atoms with Crippen LogP contribution in [0, 0.1) is 0 Å². The SMILES string of the molecule is COc1ccc(N=Cc2cn(-c3ccc(OC)cc3)cc2C=[NH+]c2ccc(OC)cc2)cc1. The number of hydrogen-bond acceptors (Lipinski definition) is 4. The van der Waals surface area contributed by atoms with Crippen molar-refractivity contribution in [3.05, 3.63) is 96.3 Å². The van der Waals surface area contributed by atoms with Crippen LogP contribution in [0.4, 0.5) is 11.4 Å². The molecule has 33 heavy (non-hydrogen) atoms. The minimum absolute atomic E-state index is 0.803. The Morgan fingerprint density at radius 2 is 1.18 bits per heavy atom. The summed E-state index contributed by atoms with van der Waals surface area (Å²) in [4.78, 5) is 8.00. The van der Waals surface area contributed by atoms with Crippen LogP contribution in [-0.4, -0.2) is 38.3 Å². The summed E-state index contributed by atoms with van der Waals surface area (Å²) >= 11 is 0. The molecule has 0 fully saturated rings. The summed E-state index contributed by atoms with van der Waals surface area (Å²) in [5.41, 5.74) is 4.81. The van der Waals surface area contributed by atoms with Gasteiger partial charge in [-0.3, -0.25) is 4.99 Å². The van der Waals surface area contributed by atoms with Gasteiger partial charge in [-0.05, 0) is 60.7 Å². The second-order valence-electron chi connectivity index (χ2n) is 7.25. The summed E-state index contributed by atoms with van der Waals surface area (Å²) in [6, 6.07) is 23.4. The summed E-state index contributed by atoms with van der Waals surface area (Å²) in [5, 5.41) is 0. The number of hydrogen-bond donors (Lipinski definition) is 1. The van der Waals surface area contributed by atoms with Crippen LogP contribution in [-0.2, 0) is 0 Å². The topological polar surface area (TPSA) is 59.0 Å². The molecule has 1 N–H and O–H groups in total. The third-order valence-electron chi connectivity index (χ3n) is 5.17. The lowest BCUT2D eigenvalue weighted by Gasteiger charge is -2.04. The molecule has 3 aromatic carbocycles. The Kier molecular flexibility index (Phi) is 6.85. The van der Waals surface area contributed by atoms with Crippen molar-refractivity contribution in [1.82, 2.24) is 4.57 Å². The Labute approximate surface area is 193 Å². The Balaban J connectivity index is 1.65. The van der Waals surface area contributed by atoms with E-state index in [0.717, 1.165) is 45.4 Å². The summed E-state index contributed by atoms with van der Waals surface area (Å²) in [7, 11) is 4.97. The van der Waals surface area contributed by atoms with E-state index in [0.29, 0.717) is 0 Å². The third kappa shape index (κ3) is 5.49. The zero-order valence-corrected chi connectivity index (χ0v) is 18.9. The average molecular weight is 441 g/mol. The Bertz CT molecular complexity index is 1160. The van der Waals surface area contributed by atoms with E-state index in [1.807, 2.05) is 85.2 Å². The van der Waals surface area contributed by atoms with Gasteiger partial charge in [0.15, 0.2) is 6.21 Å². The number of aromatic nitrogens is 1. The van der Waals surface area contributed by atoms with Gasteiger partial charge in [-0.25, -0.2) is 4.99 Å². The molecule has 1 heterocycles. The minimum Gasteiger partial charge on any atom is -0.497 e. The van der Waals surface area contributed by atoms with Gasteiger partial charge in [0.1, 0.15) is 17.2 Å². The molecular weight excluding hydrogens is 414 g/mol. The van der Waals surface area contributed by atoms with Gasteiger partial charge in [0.05, 0.1) is 32.6 Å². The fourth-order valence-corrected chi connectivity index (χ4v) is 3.28. The van der Waals surface area contributed by atoms with E-state index in [1.165, 1.54) is 0 Å². The molecule has 0 aliphatic heterocycles. The van der Waals surface area contributed by atoms with E-state index in [2.05, 4.69) is 26.9 Å². The number of benzene rings is 3. The predicted molar refractivity (Wildman–Crippen MR) is 131 cm³/mol. The molecule has 6 heteroatoms. The summed E-state index contributed by atoms with van der Waals surface area (Å²) in [6.45, 7) is 0. The lowest BCUT2D eigenvalue weighted by atomic mass is 10.2. The van der Waals surface area contributed by atoms with Gasteiger partial charge in [0, 0.05) is 42.0 Å². The van der Waals surface area contributed by atoms with Crippen molar-refractivity contribution >= 4 is 23.8 Å². The van der Waals surface area contributed by atoms with Gasteiger partial charge >= 0.3 is 0 Å². The van der Waals surface area contributed by atoms with Crippen LogP contribution in [0.3, 0.4) is 0 Å². The molecule has 0 radical (unpaired) electrons. The lowest BCUT2D eigenvalue weighted by molar-refractivity contribution is -0.346. The zero-order valence-electron chi connectivity index (χ0n) is 18.9. The molecule has 0 saturated heterocycles. The molecule has 0 atom stereocenters. The number of ether oxygens (including phenoxy) is 3. The van der Waals surface area contributed by atoms with E-state index in [1.54, 1.807) is 21.3 Å². The minimum atomic E-state index is 0.803. The summed E-state index contributed by atoms with van der Waals surface area (Å²) < 4.78 is 17.8. The molecule has 0 unspecified atom stereocenters. The highest BCUT2D eigenvalue weighted by Crippen LogP contribution is 2.20. The normalized spacial score (nSPS) is 11.2. The monoisotopic (exact) mass is 440 g/mol. The van der Waals surface area contributed by atoms with Gasteiger partial charge in [0.2, 0.25) is 5.69 Å². The molecule has 4 rings (SSSR count). The van der Waals surface area contributed by atoms with Gasteiger partial charge in [-0.15, -0.1) is 0 Å². The number of nitrogens with one attached hydrogen (secondary N) is 1. The second-order valence-corrected chi connectivity index (χ2v) is 7.25. The maximum Gasteiger partial charge on any atom is 0.203 e. The van der Waals surface area contributed by atoms with Crippen LogP contribution in [0.25, 0.3) is 5.69 Å².